The van der Waals surface area contributed by atoms with Gasteiger partial charge in [-0.05, 0) is 43.5 Å². The molecule has 6 heteroatoms. The van der Waals surface area contributed by atoms with E-state index >= 15 is 0 Å². The van der Waals surface area contributed by atoms with Crippen molar-refractivity contribution in [3.63, 3.8) is 0 Å². The highest BCUT2D eigenvalue weighted by atomic mass is 16.5. The summed E-state index contributed by atoms with van der Waals surface area (Å²) in [6.45, 7) is 4.48. The molecule has 1 unspecified atom stereocenters. The molecule has 1 aromatic rings. The lowest BCUT2D eigenvalue weighted by atomic mass is 10.0. The van der Waals surface area contributed by atoms with Crippen molar-refractivity contribution >= 4 is 17.5 Å². The number of nitrogens with one attached hydrogen (secondary N) is 1. The van der Waals surface area contributed by atoms with Crippen LogP contribution in [0.4, 0.5) is 5.69 Å². The molecule has 2 aliphatic rings. The van der Waals surface area contributed by atoms with Crippen LogP contribution in [0.15, 0.2) is 18.2 Å². The molecule has 0 bridgehead atoms. The summed E-state index contributed by atoms with van der Waals surface area (Å²) in [6.07, 6.45) is 2.57. The molecule has 6 nitrogen and oxygen atoms in total. The molecule has 0 aromatic heterocycles. The van der Waals surface area contributed by atoms with Gasteiger partial charge in [-0.1, -0.05) is 0 Å². The summed E-state index contributed by atoms with van der Waals surface area (Å²) in [4.78, 5) is 25.4. The summed E-state index contributed by atoms with van der Waals surface area (Å²) in [5, 5.41) is 2.85. The number of fused-ring (bicyclic) bond motifs is 1. The SMILES string of the molecule is CC1CN(C(=O)CCCOc2ccc3c(c2)CCC(=O)N3)CCO1. The van der Waals surface area contributed by atoms with Gasteiger partial charge in [0.25, 0.3) is 0 Å². The highest BCUT2D eigenvalue weighted by Gasteiger charge is 2.20. The molecule has 0 spiro atoms. The van der Waals surface area contributed by atoms with E-state index in [1.165, 1.54) is 0 Å². The Hall–Kier alpha value is -2.08. The summed E-state index contributed by atoms with van der Waals surface area (Å²) in [5.74, 6) is 1.02. The Kier molecular flexibility index (Phi) is 5.35. The van der Waals surface area contributed by atoms with Crippen LogP contribution in [0, 0.1) is 0 Å². The van der Waals surface area contributed by atoms with Crippen LogP contribution in [-0.2, 0) is 20.7 Å². The first-order valence-electron chi connectivity index (χ1n) is 8.57. The summed E-state index contributed by atoms with van der Waals surface area (Å²) in [7, 11) is 0. The number of hydrogen-bond acceptors (Lipinski definition) is 4. The molecule has 2 heterocycles. The number of carbonyl (C=O) groups is 2. The van der Waals surface area contributed by atoms with Gasteiger partial charge in [0.05, 0.1) is 19.3 Å². The van der Waals surface area contributed by atoms with Crippen LogP contribution in [0.3, 0.4) is 0 Å². The second-order valence-electron chi connectivity index (χ2n) is 6.34. The molecule has 2 amide bonds. The topological polar surface area (TPSA) is 67.9 Å². The molecule has 0 aliphatic carbocycles. The van der Waals surface area contributed by atoms with Crippen LogP contribution in [0.2, 0.25) is 0 Å². The lowest BCUT2D eigenvalue weighted by Crippen LogP contribution is -2.44. The zero-order valence-electron chi connectivity index (χ0n) is 14.0. The number of hydrogen-bond donors (Lipinski definition) is 1. The third-order valence-corrected chi connectivity index (χ3v) is 4.37. The maximum absolute atomic E-state index is 12.2. The van der Waals surface area contributed by atoms with Crippen molar-refractivity contribution in [2.75, 3.05) is 31.6 Å². The standard InChI is InChI=1S/C18H24N2O4/c1-13-12-20(8-10-23-13)18(22)3-2-9-24-15-5-6-16-14(11-15)4-7-17(21)19-16/h5-6,11,13H,2-4,7-10,12H2,1H3,(H,19,21). The maximum atomic E-state index is 12.2. The minimum absolute atomic E-state index is 0.0621. The van der Waals surface area contributed by atoms with Crippen LogP contribution in [0.5, 0.6) is 5.75 Å². The monoisotopic (exact) mass is 332 g/mol. The van der Waals surface area contributed by atoms with Gasteiger partial charge in [0.2, 0.25) is 11.8 Å². The van der Waals surface area contributed by atoms with E-state index in [4.69, 9.17) is 9.47 Å². The molecule has 1 atom stereocenters. The Bertz CT molecular complexity index is 617. The lowest BCUT2D eigenvalue weighted by Gasteiger charge is -2.31. The largest absolute Gasteiger partial charge is 0.494 e. The Morgan fingerprint density at radius 1 is 1.42 bits per heavy atom. The van der Waals surface area contributed by atoms with E-state index in [1.54, 1.807) is 0 Å². The van der Waals surface area contributed by atoms with Gasteiger partial charge < -0.3 is 19.7 Å². The Morgan fingerprint density at radius 3 is 3.12 bits per heavy atom. The van der Waals surface area contributed by atoms with E-state index in [0.29, 0.717) is 45.6 Å². The molecule has 24 heavy (non-hydrogen) atoms. The number of carbonyl (C=O) groups excluding carboxylic acids is 2. The van der Waals surface area contributed by atoms with E-state index in [9.17, 15) is 9.59 Å². The number of nitrogens with zero attached hydrogens (tertiary/aromatic N) is 1. The van der Waals surface area contributed by atoms with Crippen molar-refractivity contribution in [2.24, 2.45) is 0 Å². The van der Waals surface area contributed by atoms with Gasteiger partial charge in [0.1, 0.15) is 5.75 Å². The quantitative estimate of drug-likeness (QED) is 0.837. The number of aryl methyl sites for hydroxylation is 1. The highest BCUT2D eigenvalue weighted by Crippen LogP contribution is 2.26. The molecule has 1 aromatic carbocycles. The first-order chi connectivity index (χ1) is 11.6. The molecule has 3 rings (SSSR count). The summed E-state index contributed by atoms with van der Waals surface area (Å²) in [6, 6.07) is 5.71. The predicted molar refractivity (Wildman–Crippen MR) is 90.1 cm³/mol. The summed E-state index contributed by atoms with van der Waals surface area (Å²) >= 11 is 0. The molecule has 0 radical (unpaired) electrons. The molecule has 2 aliphatic heterocycles. The first kappa shape index (κ1) is 16.8. The number of amides is 2. The zero-order valence-corrected chi connectivity index (χ0v) is 14.0. The normalized spacial score (nSPS) is 20.3. The van der Waals surface area contributed by atoms with Gasteiger partial charge in [0.15, 0.2) is 0 Å². The molecular formula is C18H24N2O4. The highest BCUT2D eigenvalue weighted by molar-refractivity contribution is 5.94. The third kappa shape index (κ3) is 4.26. The number of benzene rings is 1. The Labute approximate surface area is 142 Å². The van der Waals surface area contributed by atoms with E-state index < -0.39 is 0 Å². The van der Waals surface area contributed by atoms with Crippen LogP contribution in [0.1, 0.15) is 31.7 Å². The van der Waals surface area contributed by atoms with E-state index in [1.807, 2.05) is 30.0 Å². The van der Waals surface area contributed by atoms with Gasteiger partial charge in [0, 0.05) is 31.6 Å². The third-order valence-electron chi connectivity index (χ3n) is 4.37. The van der Waals surface area contributed by atoms with E-state index in [0.717, 1.165) is 23.4 Å². The second-order valence-corrected chi connectivity index (χ2v) is 6.34. The molecule has 1 N–H and O–H groups in total. The summed E-state index contributed by atoms with van der Waals surface area (Å²) < 4.78 is 11.2. The van der Waals surface area contributed by atoms with Crippen molar-refractivity contribution in [3.05, 3.63) is 23.8 Å². The Morgan fingerprint density at radius 2 is 2.29 bits per heavy atom. The Balaban J connectivity index is 1.42. The smallest absolute Gasteiger partial charge is 0.224 e. The molecule has 0 saturated carbocycles. The minimum Gasteiger partial charge on any atom is -0.494 e. The number of rotatable bonds is 5. The van der Waals surface area contributed by atoms with Crippen LogP contribution in [-0.4, -0.2) is 49.1 Å². The minimum atomic E-state index is 0.0621. The molecular weight excluding hydrogens is 308 g/mol. The maximum Gasteiger partial charge on any atom is 0.224 e. The van der Waals surface area contributed by atoms with Gasteiger partial charge in [-0.15, -0.1) is 0 Å². The van der Waals surface area contributed by atoms with Crippen molar-refractivity contribution in [1.82, 2.24) is 4.90 Å². The van der Waals surface area contributed by atoms with Crippen molar-refractivity contribution < 1.29 is 19.1 Å². The first-order valence-corrected chi connectivity index (χ1v) is 8.57. The van der Waals surface area contributed by atoms with Crippen LogP contribution < -0.4 is 10.1 Å². The lowest BCUT2D eigenvalue weighted by molar-refractivity contribution is -0.138. The fraction of sp³-hybridized carbons (Fsp3) is 0.556. The molecule has 1 saturated heterocycles. The average Bonchev–Trinajstić information content (AvgIpc) is 2.58. The fourth-order valence-corrected chi connectivity index (χ4v) is 3.07. The van der Waals surface area contributed by atoms with Crippen LogP contribution >= 0.6 is 0 Å². The van der Waals surface area contributed by atoms with Gasteiger partial charge in [-0.3, -0.25) is 9.59 Å². The molecule has 130 valence electrons. The number of morpholine rings is 1. The van der Waals surface area contributed by atoms with Gasteiger partial charge in [-0.2, -0.15) is 0 Å². The number of ether oxygens (including phenoxy) is 2. The van der Waals surface area contributed by atoms with Crippen LogP contribution in [0.25, 0.3) is 0 Å². The van der Waals surface area contributed by atoms with E-state index in [2.05, 4.69) is 5.32 Å². The average molecular weight is 332 g/mol. The van der Waals surface area contributed by atoms with Crippen molar-refractivity contribution in [2.45, 2.75) is 38.7 Å². The fourth-order valence-electron chi connectivity index (χ4n) is 3.07. The molecule has 1 fully saturated rings. The van der Waals surface area contributed by atoms with Crippen molar-refractivity contribution in [1.29, 1.82) is 0 Å². The zero-order chi connectivity index (χ0) is 16.9. The van der Waals surface area contributed by atoms with Gasteiger partial charge in [-0.25, -0.2) is 0 Å². The number of anilines is 1. The van der Waals surface area contributed by atoms with Crippen molar-refractivity contribution in [3.8, 4) is 5.75 Å². The predicted octanol–water partition coefficient (Wildman–Crippen LogP) is 1.98. The van der Waals surface area contributed by atoms with Gasteiger partial charge >= 0.3 is 0 Å². The summed E-state index contributed by atoms with van der Waals surface area (Å²) in [5.41, 5.74) is 1.97. The van der Waals surface area contributed by atoms with E-state index in [-0.39, 0.29) is 17.9 Å². The second kappa shape index (κ2) is 7.66.